The lowest BCUT2D eigenvalue weighted by Gasteiger charge is -2.42. The van der Waals surface area contributed by atoms with Crippen LogP contribution in [0.4, 0.5) is 16.3 Å². The smallest absolute Gasteiger partial charge is 0.410 e. The molecular formula is C19H26N6O3. The van der Waals surface area contributed by atoms with E-state index in [1.807, 2.05) is 34.9 Å². The van der Waals surface area contributed by atoms with E-state index in [0.29, 0.717) is 42.3 Å². The minimum atomic E-state index is -0.538. The first-order chi connectivity index (χ1) is 13.2. The summed E-state index contributed by atoms with van der Waals surface area (Å²) in [6, 6.07) is 2.05. The van der Waals surface area contributed by atoms with Crippen molar-refractivity contribution in [3.05, 3.63) is 11.8 Å². The predicted octanol–water partition coefficient (Wildman–Crippen LogP) is 2.36. The lowest BCUT2D eigenvalue weighted by atomic mass is 10.00. The summed E-state index contributed by atoms with van der Waals surface area (Å²) >= 11 is 0. The van der Waals surface area contributed by atoms with E-state index in [-0.39, 0.29) is 18.2 Å². The van der Waals surface area contributed by atoms with Crippen LogP contribution in [0.2, 0.25) is 0 Å². The lowest BCUT2D eigenvalue weighted by molar-refractivity contribution is 0.00866. The number of nitriles is 1. The molecule has 0 aliphatic carbocycles. The molecule has 0 saturated carbocycles. The van der Waals surface area contributed by atoms with Crippen LogP contribution in [0, 0.1) is 11.3 Å². The molecule has 2 aliphatic heterocycles. The molecule has 0 radical (unpaired) electrons. The highest BCUT2D eigenvalue weighted by Crippen LogP contribution is 2.39. The van der Waals surface area contributed by atoms with Crippen LogP contribution in [-0.2, 0) is 4.74 Å². The van der Waals surface area contributed by atoms with Crippen molar-refractivity contribution in [1.82, 2.24) is 14.8 Å². The van der Waals surface area contributed by atoms with E-state index in [9.17, 15) is 10.1 Å². The SMILES string of the molecule is CN(C)C=Nc1cnc2c(c1C#N)O[C@@H]1CCN(C(=O)OC(C)(C)C)C[C@H]1N2. The van der Waals surface area contributed by atoms with Gasteiger partial charge >= 0.3 is 6.09 Å². The topological polar surface area (TPSA) is 103 Å². The number of likely N-dealkylation sites (tertiary alicyclic amines) is 1. The summed E-state index contributed by atoms with van der Waals surface area (Å²) in [6.45, 7) is 6.52. The standard InChI is InChI=1S/C19H26N6O3/c1-19(2,3)28-18(26)25-7-6-15-14(10-25)23-17-16(27-15)12(8-20)13(9-21-17)22-11-24(4)5/h9,11,14-15H,6-7,10H2,1-5H3,(H,21,23)/t14-,15-/m1/s1. The number of carbonyl (C=O) groups excluding carboxylic acids is 1. The summed E-state index contributed by atoms with van der Waals surface area (Å²) in [5.74, 6) is 0.913. The zero-order chi connectivity index (χ0) is 20.5. The molecule has 1 saturated heterocycles. The summed E-state index contributed by atoms with van der Waals surface area (Å²) in [7, 11) is 3.70. The Morgan fingerprint density at radius 1 is 1.54 bits per heavy atom. The number of ether oxygens (including phenoxy) is 2. The molecule has 1 N–H and O–H groups in total. The number of nitrogens with one attached hydrogen (secondary N) is 1. The average molecular weight is 386 g/mol. The van der Waals surface area contributed by atoms with Crippen LogP contribution in [0.5, 0.6) is 5.75 Å². The van der Waals surface area contributed by atoms with E-state index >= 15 is 0 Å². The van der Waals surface area contributed by atoms with Gasteiger partial charge in [-0.05, 0) is 20.8 Å². The van der Waals surface area contributed by atoms with Crippen molar-refractivity contribution in [2.75, 3.05) is 32.5 Å². The number of nitrogens with zero attached hydrogens (tertiary/aromatic N) is 5. The number of rotatable bonds is 2. The first-order valence-electron chi connectivity index (χ1n) is 9.23. The second-order valence-electron chi connectivity index (χ2n) is 8.14. The van der Waals surface area contributed by atoms with Crippen molar-refractivity contribution in [2.45, 2.75) is 44.9 Å². The van der Waals surface area contributed by atoms with Gasteiger partial charge in [0.15, 0.2) is 11.6 Å². The van der Waals surface area contributed by atoms with Gasteiger partial charge in [-0.25, -0.2) is 14.8 Å². The van der Waals surface area contributed by atoms with Gasteiger partial charge in [0.1, 0.15) is 29.0 Å². The summed E-state index contributed by atoms with van der Waals surface area (Å²) in [5.41, 5.74) is 0.272. The molecule has 2 atom stereocenters. The van der Waals surface area contributed by atoms with E-state index in [1.165, 1.54) is 0 Å². The second kappa shape index (κ2) is 7.54. The number of fused-ring (bicyclic) bond motifs is 2. The molecule has 1 amide bonds. The summed E-state index contributed by atoms with van der Waals surface area (Å²) in [5, 5.41) is 12.9. The molecule has 1 aromatic heterocycles. The van der Waals surface area contributed by atoms with Gasteiger partial charge in [-0.2, -0.15) is 5.26 Å². The van der Waals surface area contributed by atoms with E-state index < -0.39 is 5.60 Å². The Bertz CT molecular complexity index is 824. The van der Waals surface area contributed by atoms with Crippen LogP contribution in [0.15, 0.2) is 11.2 Å². The van der Waals surface area contributed by atoms with Gasteiger partial charge in [0, 0.05) is 33.6 Å². The van der Waals surface area contributed by atoms with Gasteiger partial charge in [0.25, 0.3) is 0 Å². The van der Waals surface area contributed by atoms with Gasteiger partial charge in [-0.3, -0.25) is 0 Å². The Morgan fingerprint density at radius 3 is 2.93 bits per heavy atom. The van der Waals surface area contributed by atoms with Crippen molar-refractivity contribution >= 4 is 23.9 Å². The van der Waals surface area contributed by atoms with Crippen molar-refractivity contribution in [3.8, 4) is 11.8 Å². The van der Waals surface area contributed by atoms with Gasteiger partial charge in [-0.1, -0.05) is 0 Å². The zero-order valence-corrected chi connectivity index (χ0v) is 16.9. The minimum absolute atomic E-state index is 0.121. The summed E-state index contributed by atoms with van der Waals surface area (Å²) in [4.78, 5) is 24.5. The van der Waals surface area contributed by atoms with Crippen molar-refractivity contribution in [2.24, 2.45) is 4.99 Å². The maximum Gasteiger partial charge on any atom is 0.410 e. The highest BCUT2D eigenvalue weighted by Gasteiger charge is 2.39. The normalized spacial score (nSPS) is 21.1. The predicted molar refractivity (Wildman–Crippen MR) is 105 cm³/mol. The minimum Gasteiger partial charge on any atom is -0.483 e. The van der Waals surface area contributed by atoms with Crippen LogP contribution < -0.4 is 10.1 Å². The number of anilines is 1. The number of aliphatic imine (C=N–C) groups is 1. The average Bonchev–Trinajstić information content (AvgIpc) is 2.62. The Balaban J connectivity index is 1.79. The largest absolute Gasteiger partial charge is 0.483 e. The highest BCUT2D eigenvalue weighted by molar-refractivity contribution is 5.73. The summed E-state index contributed by atoms with van der Waals surface area (Å²) in [6.07, 6.45) is 3.29. The summed E-state index contributed by atoms with van der Waals surface area (Å²) < 4.78 is 11.6. The van der Waals surface area contributed by atoms with Crippen LogP contribution in [0.25, 0.3) is 0 Å². The maximum atomic E-state index is 12.4. The molecule has 28 heavy (non-hydrogen) atoms. The Labute approximate surface area is 164 Å². The fourth-order valence-corrected chi connectivity index (χ4v) is 3.11. The first kappa shape index (κ1) is 19.7. The van der Waals surface area contributed by atoms with E-state index in [4.69, 9.17) is 9.47 Å². The number of piperidine rings is 1. The van der Waals surface area contributed by atoms with E-state index in [1.54, 1.807) is 22.3 Å². The first-order valence-corrected chi connectivity index (χ1v) is 9.23. The highest BCUT2D eigenvalue weighted by atomic mass is 16.6. The molecule has 3 rings (SSSR count). The fraction of sp³-hybridized carbons (Fsp3) is 0.579. The monoisotopic (exact) mass is 386 g/mol. The Hall–Kier alpha value is -3.02. The van der Waals surface area contributed by atoms with Crippen LogP contribution in [0.1, 0.15) is 32.8 Å². The Kier molecular flexibility index (Phi) is 5.31. The number of hydrogen-bond donors (Lipinski definition) is 1. The molecule has 0 unspecified atom stereocenters. The van der Waals surface area contributed by atoms with Gasteiger partial charge in [-0.15, -0.1) is 0 Å². The van der Waals surface area contributed by atoms with Gasteiger partial charge in [0.05, 0.1) is 18.6 Å². The number of pyridine rings is 1. The molecule has 1 aromatic rings. The van der Waals surface area contributed by atoms with Crippen molar-refractivity contribution in [1.29, 1.82) is 5.26 Å². The molecule has 1 fully saturated rings. The third-order valence-electron chi connectivity index (χ3n) is 4.35. The van der Waals surface area contributed by atoms with Crippen molar-refractivity contribution in [3.63, 3.8) is 0 Å². The number of hydrogen-bond acceptors (Lipinski definition) is 7. The molecule has 9 nitrogen and oxygen atoms in total. The van der Waals surface area contributed by atoms with E-state index in [2.05, 4.69) is 21.4 Å². The molecule has 150 valence electrons. The molecule has 2 aliphatic rings. The molecule has 9 heteroatoms. The van der Waals surface area contributed by atoms with Crippen molar-refractivity contribution < 1.29 is 14.3 Å². The number of aromatic nitrogens is 1. The van der Waals surface area contributed by atoms with Gasteiger partial charge < -0.3 is 24.6 Å². The Morgan fingerprint density at radius 2 is 2.29 bits per heavy atom. The molecular weight excluding hydrogens is 360 g/mol. The third-order valence-corrected chi connectivity index (χ3v) is 4.35. The third kappa shape index (κ3) is 4.27. The molecule has 0 spiro atoms. The maximum absolute atomic E-state index is 12.4. The number of amides is 1. The zero-order valence-electron chi connectivity index (χ0n) is 16.9. The molecule has 0 aromatic carbocycles. The van der Waals surface area contributed by atoms with Crippen LogP contribution >= 0.6 is 0 Å². The second-order valence-corrected chi connectivity index (χ2v) is 8.14. The lowest BCUT2D eigenvalue weighted by Crippen LogP contribution is -2.56. The van der Waals surface area contributed by atoms with Crippen LogP contribution in [-0.4, -0.2) is 72.1 Å². The molecule has 0 bridgehead atoms. The molecule has 3 heterocycles. The fourth-order valence-electron chi connectivity index (χ4n) is 3.11. The van der Waals surface area contributed by atoms with Crippen LogP contribution in [0.3, 0.4) is 0 Å². The quantitative estimate of drug-likeness (QED) is 0.615. The van der Waals surface area contributed by atoms with E-state index in [0.717, 1.165) is 0 Å². The number of carbonyl (C=O) groups is 1. The van der Waals surface area contributed by atoms with Gasteiger partial charge in [0.2, 0.25) is 0 Å².